The molecule has 1 aromatic heterocycles. The largest absolute Gasteiger partial charge is 0.416 e. The third-order valence-electron chi connectivity index (χ3n) is 3.02. The average Bonchev–Trinajstić information content (AvgIpc) is 2.97. The molecule has 0 saturated carbocycles. The standard InChI is InChI=1S/C15H16F3N3O2/c1-2-6-19-12-4-3-10(15(16,17)18)8-13(12)20-14(22)9-11-5-7-23-21-11/h3-5,7-8,19H,2,6,9H2,1H3,(H,20,22). The minimum Gasteiger partial charge on any atom is -0.383 e. The lowest BCUT2D eigenvalue weighted by molar-refractivity contribution is -0.137. The van der Waals surface area contributed by atoms with E-state index in [0.29, 0.717) is 17.9 Å². The quantitative estimate of drug-likeness (QED) is 0.849. The Kier molecular flexibility index (Phi) is 5.25. The molecule has 2 N–H and O–H groups in total. The molecule has 0 aliphatic rings. The molecular formula is C15H16F3N3O2. The van der Waals surface area contributed by atoms with Crippen LogP contribution < -0.4 is 10.6 Å². The number of amides is 1. The number of benzene rings is 1. The number of hydrogen-bond donors (Lipinski definition) is 2. The van der Waals surface area contributed by atoms with E-state index in [-0.39, 0.29) is 12.1 Å². The van der Waals surface area contributed by atoms with Gasteiger partial charge in [0.1, 0.15) is 6.26 Å². The van der Waals surface area contributed by atoms with Gasteiger partial charge < -0.3 is 15.2 Å². The number of hydrogen-bond acceptors (Lipinski definition) is 4. The Labute approximate surface area is 130 Å². The van der Waals surface area contributed by atoms with Crippen LogP contribution in [0.15, 0.2) is 35.1 Å². The van der Waals surface area contributed by atoms with E-state index in [1.807, 2.05) is 6.92 Å². The van der Waals surface area contributed by atoms with Gasteiger partial charge in [-0.25, -0.2) is 0 Å². The van der Waals surface area contributed by atoms with Gasteiger partial charge in [-0.3, -0.25) is 4.79 Å². The molecule has 5 nitrogen and oxygen atoms in total. The van der Waals surface area contributed by atoms with Crippen LogP contribution in [0.3, 0.4) is 0 Å². The Morgan fingerprint density at radius 1 is 1.26 bits per heavy atom. The minimum absolute atomic E-state index is 0.0834. The van der Waals surface area contributed by atoms with Gasteiger partial charge >= 0.3 is 6.18 Å². The number of rotatable bonds is 6. The Morgan fingerprint density at radius 2 is 2.04 bits per heavy atom. The lowest BCUT2D eigenvalue weighted by Gasteiger charge is -2.15. The highest BCUT2D eigenvalue weighted by Gasteiger charge is 2.31. The van der Waals surface area contributed by atoms with E-state index in [1.165, 1.54) is 18.4 Å². The van der Waals surface area contributed by atoms with Crippen molar-refractivity contribution in [3.05, 3.63) is 41.8 Å². The molecule has 0 atom stereocenters. The first-order chi connectivity index (χ1) is 10.9. The maximum atomic E-state index is 12.8. The van der Waals surface area contributed by atoms with Crippen LogP contribution >= 0.6 is 0 Å². The van der Waals surface area contributed by atoms with E-state index in [9.17, 15) is 18.0 Å². The first-order valence-electron chi connectivity index (χ1n) is 7.04. The summed E-state index contributed by atoms with van der Waals surface area (Å²) < 4.78 is 43.1. The van der Waals surface area contributed by atoms with Gasteiger partial charge in [0.2, 0.25) is 5.91 Å². The number of halogens is 3. The molecule has 8 heteroatoms. The van der Waals surface area contributed by atoms with Crippen molar-refractivity contribution >= 4 is 17.3 Å². The van der Waals surface area contributed by atoms with Crippen molar-refractivity contribution < 1.29 is 22.5 Å². The number of carbonyl (C=O) groups is 1. The second-order valence-corrected chi connectivity index (χ2v) is 4.90. The Morgan fingerprint density at radius 3 is 2.65 bits per heavy atom. The summed E-state index contributed by atoms with van der Waals surface area (Å²) in [6.45, 7) is 2.51. The third-order valence-corrected chi connectivity index (χ3v) is 3.02. The molecule has 0 bridgehead atoms. The summed E-state index contributed by atoms with van der Waals surface area (Å²) in [5.74, 6) is -0.474. The van der Waals surface area contributed by atoms with Gasteiger partial charge in [-0.15, -0.1) is 0 Å². The molecule has 0 aliphatic carbocycles. The fourth-order valence-corrected chi connectivity index (χ4v) is 1.93. The number of alkyl halides is 3. The normalized spacial score (nSPS) is 11.3. The van der Waals surface area contributed by atoms with Gasteiger partial charge in [0.05, 0.1) is 29.1 Å². The SMILES string of the molecule is CCCNc1ccc(C(F)(F)F)cc1NC(=O)Cc1ccon1. The van der Waals surface area contributed by atoms with E-state index >= 15 is 0 Å². The second kappa shape index (κ2) is 7.17. The Hall–Kier alpha value is -2.51. The summed E-state index contributed by atoms with van der Waals surface area (Å²) in [4.78, 5) is 12.0. The molecule has 1 heterocycles. The summed E-state index contributed by atoms with van der Waals surface area (Å²) in [6.07, 6.45) is -2.44. The van der Waals surface area contributed by atoms with Crippen LogP contribution in [0.4, 0.5) is 24.5 Å². The predicted octanol–water partition coefficient (Wildman–Crippen LogP) is 3.70. The molecule has 2 rings (SSSR count). The zero-order valence-corrected chi connectivity index (χ0v) is 12.4. The number of nitrogens with one attached hydrogen (secondary N) is 2. The topological polar surface area (TPSA) is 67.2 Å². The van der Waals surface area contributed by atoms with Crippen molar-refractivity contribution in [2.75, 3.05) is 17.2 Å². The first-order valence-corrected chi connectivity index (χ1v) is 7.04. The fourth-order valence-electron chi connectivity index (χ4n) is 1.93. The molecule has 0 unspecified atom stereocenters. The van der Waals surface area contributed by atoms with Crippen molar-refractivity contribution in [3.8, 4) is 0 Å². The van der Waals surface area contributed by atoms with E-state index in [1.54, 1.807) is 0 Å². The summed E-state index contributed by atoms with van der Waals surface area (Å²) in [5, 5.41) is 9.07. The molecule has 1 amide bonds. The van der Waals surface area contributed by atoms with E-state index in [2.05, 4.69) is 20.3 Å². The molecule has 1 aromatic carbocycles. The highest BCUT2D eigenvalue weighted by atomic mass is 19.4. The van der Waals surface area contributed by atoms with Crippen LogP contribution in [0.25, 0.3) is 0 Å². The molecule has 0 radical (unpaired) electrons. The number of aromatic nitrogens is 1. The third kappa shape index (κ3) is 4.73. The molecule has 0 saturated heterocycles. The summed E-state index contributed by atoms with van der Waals surface area (Å²) >= 11 is 0. The van der Waals surface area contributed by atoms with Gasteiger partial charge in [-0.05, 0) is 24.6 Å². The highest BCUT2D eigenvalue weighted by Crippen LogP contribution is 2.34. The van der Waals surface area contributed by atoms with Crippen LogP contribution in [0, 0.1) is 0 Å². The summed E-state index contributed by atoms with van der Waals surface area (Å²) in [7, 11) is 0. The molecule has 124 valence electrons. The van der Waals surface area contributed by atoms with Crippen LogP contribution in [0.5, 0.6) is 0 Å². The molecule has 23 heavy (non-hydrogen) atoms. The zero-order chi connectivity index (χ0) is 16.9. The highest BCUT2D eigenvalue weighted by molar-refractivity contribution is 5.95. The number of nitrogens with zero attached hydrogens (tertiary/aromatic N) is 1. The number of anilines is 2. The smallest absolute Gasteiger partial charge is 0.383 e. The Bertz CT molecular complexity index is 654. The van der Waals surface area contributed by atoms with Gasteiger partial charge in [0.25, 0.3) is 0 Å². The molecular weight excluding hydrogens is 311 g/mol. The van der Waals surface area contributed by atoms with Crippen molar-refractivity contribution in [1.82, 2.24) is 5.16 Å². The van der Waals surface area contributed by atoms with E-state index < -0.39 is 17.6 Å². The molecule has 0 spiro atoms. The zero-order valence-electron chi connectivity index (χ0n) is 12.4. The lowest BCUT2D eigenvalue weighted by Crippen LogP contribution is -2.17. The second-order valence-electron chi connectivity index (χ2n) is 4.90. The van der Waals surface area contributed by atoms with Crippen LogP contribution in [-0.4, -0.2) is 17.6 Å². The maximum Gasteiger partial charge on any atom is 0.416 e. The molecule has 0 aliphatic heterocycles. The minimum atomic E-state index is -4.48. The van der Waals surface area contributed by atoms with Gasteiger partial charge in [0.15, 0.2) is 0 Å². The van der Waals surface area contributed by atoms with Crippen molar-refractivity contribution in [2.24, 2.45) is 0 Å². The first kappa shape index (κ1) is 16.9. The lowest BCUT2D eigenvalue weighted by atomic mass is 10.1. The molecule has 2 aromatic rings. The van der Waals surface area contributed by atoms with Crippen molar-refractivity contribution in [1.29, 1.82) is 0 Å². The summed E-state index contributed by atoms with van der Waals surface area (Å²) in [5.41, 5.74) is 0.101. The fraction of sp³-hybridized carbons (Fsp3) is 0.333. The van der Waals surface area contributed by atoms with Gasteiger partial charge in [0, 0.05) is 12.6 Å². The molecule has 0 fully saturated rings. The van der Waals surface area contributed by atoms with E-state index in [0.717, 1.165) is 18.6 Å². The van der Waals surface area contributed by atoms with Crippen LogP contribution in [0.1, 0.15) is 24.6 Å². The number of carbonyl (C=O) groups excluding carboxylic acids is 1. The van der Waals surface area contributed by atoms with Crippen molar-refractivity contribution in [3.63, 3.8) is 0 Å². The summed E-state index contributed by atoms with van der Waals surface area (Å²) in [6, 6.07) is 4.72. The van der Waals surface area contributed by atoms with Crippen molar-refractivity contribution in [2.45, 2.75) is 25.9 Å². The predicted molar refractivity (Wildman–Crippen MR) is 79.1 cm³/mol. The van der Waals surface area contributed by atoms with Gasteiger partial charge in [-0.1, -0.05) is 12.1 Å². The van der Waals surface area contributed by atoms with Gasteiger partial charge in [-0.2, -0.15) is 13.2 Å². The van der Waals surface area contributed by atoms with Crippen LogP contribution in [0.2, 0.25) is 0 Å². The van der Waals surface area contributed by atoms with Crippen LogP contribution in [-0.2, 0) is 17.4 Å². The average molecular weight is 327 g/mol. The van der Waals surface area contributed by atoms with E-state index in [4.69, 9.17) is 0 Å². The monoisotopic (exact) mass is 327 g/mol. The maximum absolute atomic E-state index is 12.8. The Balaban J connectivity index is 2.20.